The number of halogens is 2. The Morgan fingerprint density at radius 2 is 2.05 bits per heavy atom. The van der Waals surface area contributed by atoms with Crippen LogP contribution in [0, 0.1) is 0 Å². The van der Waals surface area contributed by atoms with E-state index >= 15 is 0 Å². The topological polar surface area (TPSA) is 47.0 Å². The average molecular weight is 371 g/mol. The Morgan fingerprint density at radius 1 is 1.24 bits per heavy atom. The normalized spacial score (nSPS) is 10.5. The molecule has 21 heavy (non-hydrogen) atoms. The number of rotatable bonds is 6. The summed E-state index contributed by atoms with van der Waals surface area (Å²) in [4.78, 5) is 8.81. The van der Waals surface area contributed by atoms with Crippen LogP contribution in [0.5, 0.6) is 11.6 Å². The third kappa shape index (κ3) is 4.58. The maximum Gasteiger partial charge on any atom is 0.224 e. The molecule has 1 aromatic carbocycles. The first kappa shape index (κ1) is 16.0. The maximum absolute atomic E-state index is 6.14. The van der Waals surface area contributed by atoms with Crippen LogP contribution < -0.4 is 10.1 Å². The molecule has 0 saturated carbocycles. The van der Waals surface area contributed by atoms with E-state index in [9.17, 15) is 0 Å². The molecule has 0 amide bonds. The maximum atomic E-state index is 6.14. The van der Waals surface area contributed by atoms with Gasteiger partial charge in [0.2, 0.25) is 5.88 Å². The highest BCUT2D eigenvalue weighted by molar-refractivity contribution is 9.10. The van der Waals surface area contributed by atoms with Gasteiger partial charge in [0.25, 0.3) is 0 Å². The van der Waals surface area contributed by atoms with Gasteiger partial charge in [0, 0.05) is 23.5 Å². The van der Waals surface area contributed by atoms with E-state index in [1.54, 1.807) is 12.1 Å². The molecule has 1 N–H and O–H groups in total. The highest BCUT2D eigenvalue weighted by Crippen LogP contribution is 2.31. The van der Waals surface area contributed by atoms with Gasteiger partial charge in [-0.2, -0.15) is 4.98 Å². The summed E-state index contributed by atoms with van der Waals surface area (Å²) in [5, 5.41) is 3.79. The number of hydrogen-bond donors (Lipinski definition) is 1. The summed E-state index contributed by atoms with van der Waals surface area (Å²) in [5.41, 5.74) is 0. The lowest BCUT2D eigenvalue weighted by molar-refractivity contribution is 0.459. The second-order valence-electron chi connectivity index (χ2n) is 4.46. The highest BCUT2D eigenvalue weighted by Gasteiger charge is 2.08. The first-order chi connectivity index (χ1) is 10.1. The summed E-state index contributed by atoms with van der Waals surface area (Å²) in [5.74, 6) is 2.55. The summed E-state index contributed by atoms with van der Waals surface area (Å²) >= 11 is 9.54. The van der Waals surface area contributed by atoms with E-state index in [0.717, 1.165) is 35.5 Å². The van der Waals surface area contributed by atoms with Crippen LogP contribution in [0.2, 0.25) is 5.02 Å². The van der Waals surface area contributed by atoms with Crippen LogP contribution in [0.25, 0.3) is 0 Å². The predicted molar refractivity (Wildman–Crippen MR) is 89.4 cm³/mol. The zero-order chi connectivity index (χ0) is 15.2. The van der Waals surface area contributed by atoms with Gasteiger partial charge in [-0.15, -0.1) is 0 Å². The number of anilines is 1. The van der Waals surface area contributed by atoms with Crippen molar-refractivity contribution in [2.75, 3.05) is 11.9 Å². The van der Waals surface area contributed by atoms with Crippen molar-refractivity contribution < 1.29 is 4.74 Å². The first-order valence-electron chi connectivity index (χ1n) is 6.87. The first-order valence-corrected chi connectivity index (χ1v) is 8.04. The molecule has 6 heteroatoms. The lowest BCUT2D eigenvalue weighted by Gasteiger charge is -2.11. The fourth-order valence-corrected chi connectivity index (χ4v) is 2.19. The molecule has 0 atom stereocenters. The number of aromatic nitrogens is 2. The van der Waals surface area contributed by atoms with E-state index in [2.05, 4.69) is 38.1 Å². The molecule has 1 heterocycles. The van der Waals surface area contributed by atoms with E-state index in [-0.39, 0.29) is 0 Å². The number of nitrogens with zero attached hydrogens (tertiary/aromatic N) is 2. The number of hydrogen-bond acceptors (Lipinski definition) is 4. The van der Waals surface area contributed by atoms with Gasteiger partial charge in [-0.3, -0.25) is 0 Å². The number of aryl methyl sites for hydroxylation is 1. The Bertz CT molecular complexity index is 622. The number of nitrogens with one attached hydrogen (secondary N) is 1. The fraction of sp³-hybridized carbons (Fsp3) is 0.333. The van der Waals surface area contributed by atoms with Crippen LogP contribution >= 0.6 is 27.5 Å². The molecule has 0 aliphatic heterocycles. The van der Waals surface area contributed by atoms with Crippen molar-refractivity contribution in [1.82, 2.24) is 9.97 Å². The van der Waals surface area contributed by atoms with Gasteiger partial charge in [-0.05, 0) is 24.6 Å². The molecule has 0 aliphatic carbocycles. The van der Waals surface area contributed by atoms with Crippen LogP contribution in [0.1, 0.15) is 26.1 Å². The average Bonchev–Trinajstić information content (AvgIpc) is 2.48. The Morgan fingerprint density at radius 3 is 2.76 bits per heavy atom. The van der Waals surface area contributed by atoms with Gasteiger partial charge in [-0.1, -0.05) is 41.4 Å². The van der Waals surface area contributed by atoms with E-state index in [1.165, 1.54) is 0 Å². The van der Waals surface area contributed by atoms with Crippen molar-refractivity contribution in [2.24, 2.45) is 0 Å². The summed E-state index contributed by atoms with van der Waals surface area (Å²) < 4.78 is 6.70. The molecule has 1 aromatic heterocycles. The highest BCUT2D eigenvalue weighted by atomic mass is 79.9. The molecule has 112 valence electrons. The molecule has 4 nitrogen and oxygen atoms in total. The van der Waals surface area contributed by atoms with E-state index in [1.807, 2.05) is 19.1 Å². The van der Waals surface area contributed by atoms with Gasteiger partial charge >= 0.3 is 0 Å². The SMILES string of the molecule is CCCNc1cc(Oc2cc(Br)ccc2Cl)nc(CC)n1. The minimum absolute atomic E-state index is 0.487. The smallest absolute Gasteiger partial charge is 0.224 e. The Labute approximate surface area is 138 Å². The number of benzene rings is 1. The van der Waals surface area contributed by atoms with Crippen molar-refractivity contribution in [3.8, 4) is 11.6 Å². The second-order valence-corrected chi connectivity index (χ2v) is 5.79. The molecule has 0 unspecified atom stereocenters. The summed E-state index contributed by atoms with van der Waals surface area (Å²) in [6.07, 6.45) is 1.77. The zero-order valence-electron chi connectivity index (χ0n) is 12.0. The molecule has 0 fully saturated rings. The molecule has 0 radical (unpaired) electrons. The van der Waals surface area contributed by atoms with Gasteiger partial charge in [-0.25, -0.2) is 4.98 Å². The quantitative estimate of drug-likeness (QED) is 0.771. The monoisotopic (exact) mass is 369 g/mol. The van der Waals surface area contributed by atoms with Crippen LogP contribution in [0.3, 0.4) is 0 Å². The Hall–Kier alpha value is -1.33. The van der Waals surface area contributed by atoms with Crippen molar-refractivity contribution in [3.63, 3.8) is 0 Å². The zero-order valence-corrected chi connectivity index (χ0v) is 14.3. The van der Waals surface area contributed by atoms with E-state index in [0.29, 0.717) is 16.7 Å². The largest absolute Gasteiger partial charge is 0.437 e. The van der Waals surface area contributed by atoms with Crippen LogP contribution in [0.15, 0.2) is 28.7 Å². The molecule has 0 bridgehead atoms. The van der Waals surface area contributed by atoms with Crippen molar-refractivity contribution in [1.29, 1.82) is 0 Å². The third-order valence-corrected chi connectivity index (χ3v) is 3.53. The Kier molecular flexibility index (Phi) is 5.82. The molecule has 2 aromatic rings. The van der Waals surface area contributed by atoms with Crippen molar-refractivity contribution >= 4 is 33.3 Å². The van der Waals surface area contributed by atoms with Crippen molar-refractivity contribution in [3.05, 3.63) is 39.6 Å². The summed E-state index contributed by atoms with van der Waals surface area (Å²) in [7, 11) is 0. The lowest BCUT2D eigenvalue weighted by Crippen LogP contribution is -2.05. The third-order valence-electron chi connectivity index (χ3n) is 2.73. The van der Waals surface area contributed by atoms with E-state index < -0.39 is 0 Å². The minimum atomic E-state index is 0.487. The predicted octanol–water partition coefficient (Wildman–Crippen LogP) is 5.07. The van der Waals surface area contributed by atoms with Crippen LogP contribution in [0.4, 0.5) is 5.82 Å². The molecular weight excluding hydrogens is 354 g/mol. The van der Waals surface area contributed by atoms with E-state index in [4.69, 9.17) is 16.3 Å². The molecule has 0 saturated heterocycles. The summed E-state index contributed by atoms with van der Waals surface area (Å²) in [6, 6.07) is 7.24. The Balaban J connectivity index is 2.27. The molecular formula is C15H17BrClN3O. The fourth-order valence-electron chi connectivity index (χ4n) is 1.69. The van der Waals surface area contributed by atoms with Crippen LogP contribution in [-0.4, -0.2) is 16.5 Å². The standard InChI is InChI=1S/C15H17BrClN3O/c1-3-7-18-14-9-15(20-13(4-2)19-14)21-12-8-10(16)5-6-11(12)17/h5-6,8-9H,3-4,7H2,1-2H3,(H,18,19,20). The minimum Gasteiger partial charge on any atom is -0.437 e. The van der Waals surface area contributed by atoms with Crippen molar-refractivity contribution in [2.45, 2.75) is 26.7 Å². The lowest BCUT2D eigenvalue weighted by atomic mass is 10.3. The van der Waals surface area contributed by atoms with Gasteiger partial charge in [0.15, 0.2) is 0 Å². The summed E-state index contributed by atoms with van der Waals surface area (Å²) in [6.45, 7) is 4.97. The number of ether oxygens (including phenoxy) is 1. The van der Waals surface area contributed by atoms with Gasteiger partial charge in [0.1, 0.15) is 17.4 Å². The molecule has 0 aliphatic rings. The molecule has 2 rings (SSSR count). The molecule has 0 spiro atoms. The van der Waals surface area contributed by atoms with Gasteiger partial charge < -0.3 is 10.1 Å². The van der Waals surface area contributed by atoms with Gasteiger partial charge in [0.05, 0.1) is 5.02 Å². The van der Waals surface area contributed by atoms with Crippen LogP contribution in [-0.2, 0) is 6.42 Å². The second kappa shape index (κ2) is 7.61.